The van der Waals surface area contributed by atoms with Gasteiger partial charge in [0.05, 0.1) is 6.61 Å². The van der Waals surface area contributed by atoms with E-state index < -0.39 is 49.7 Å². The van der Waals surface area contributed by atoms with Gasteiger partial charge in [-0.2, -0.15) is 0 Å². The van der Waals surface area contributed by atoms with Crippen molar-refractivity contribution >= 4 is 24.0 Å². The first-order valence-electron chi connectivity index (χ1n) is 8.44. The number of aliphatic hydroxyl groups excluding tert-OH is 2. The highest BCUT2D eigenvalue weighted by Gasteiger charge is 2.87. The van der Waals surface area contributed by atoms with Crippen LogP contribution in [0.15, 0.2) is 46.2 Å². The summed E-state index contributed by atoms with van der Waals surface area (Å²) in [6.45, 7) is 0.442. The van der Waals surface area contributed by atoms with Gasteiger partial charge in [-0.1, -0.05) is 30.0 Å². The Morgan fingerprint density at radius 1 is 1.30 bits per heavy atom. The third-order valence-corrected chi connectivity index (χ3v) is 6.39. The summed E-state index contributed by atoms with van der Waals surface area (Å²) in [5, 5.41) is 42.0. The summed E-state index contributed by atoms with van der Waals surface area (Å²) in [5.41, 5.74) is -3.92. The Hall–Kier alpha value is -2.65. The van der Waals surface area contributed by atoms with Crippen LogP contribution in [0.25, 0.3) is 0 Å². The summed E-state index contributed by atoms with van der Waals surface area (Å²) in [7, 11) is 0. The number of aromatic amines is 1. The van der Waals surface area contributed by atoms with Crippen molar-refractivity contribution in [1.82, 2.24) is 9.55 Å². The maximum Gasteiger partial charge on any atom is 0.542 e. The molecule has 0 aliphatic carbocycles. The fourth-order valence-electron chi connectivity index (χ4n) is 3.27. The van der Waals surface area contributed by atoms with E-state index in [1.165, 1.54) is 19.1 Å². The lowest BCUT2D eigenvalue weighted by atomic mass is 10.0. The van der Waals surface area contributed by atoms with Gasteiger partial charge < -0.3 is 14.9 Å². The largest absolute Gasteiger partial charge is 0.542 e. The summed E-state index contributed by atoms with van der Waals surface area (Å²) in [4.78, 5) is 36.4. The Balaban J connectivity index is 2.45. The molecule has 30 heavy (non-hydrogen) atoms. The Morgan fingerprint density at radius 3 is 2.43 bits per heavy atom. The monoisotopic (exact) mass is 456 g/mol. The van der Waals surface area contributed by atoms with Crippen LogP contribution in [-0.4, -0.2) is 54.1 Å². The molecule has 1 saturated heterocycles. The van der Waals surface area contributed by atoms with Crippen LogP contribution < -0.4 is 5.56 Å². The lowest BCUT2D eigenvalue weighted by molar-refractivity contribution is -0.816. The molecule has 1 aromatic carbocycles. The van der Waals surface area contributed by atoms with Gasteiger partial charge >= 0.3 is 10.7 Å². The first kappa shape index (κ1) is 22.0. The lowest BCUT2D eigenvalue weighted by Gasteiger charge is -2.33. The maximum atomic E-state index is 12.2. The Labute approximate surface area is 177 Å². The fraction of sp³-hybridized carbons (Fsp3) is 0.375. The number of benzene rings is 1. The molecule has 1 aliphatic heterocycles. The van der Waals surface area contributed by atoms with E-state index in [4.69, 9.17) is 17.0 Å². The molecule has 2 aromatic rings. The zero-order chi connectivity index (χ0) is 22.3. The van der Waals surface area contributed by atoms with Gasteiger partial charge in [-0.05, 0) is 31.3 Å². The van der Waals surface area contributed by atoms with E-state index in [-0.39, 0.29) is 5.56 Å². The van der Waals surface area contributed by atoms with Crippen molar-refractivity contribution in [2.75, 3.05) is 6.61 Å². The summed E-state index contributed by atoms with van der Waals surface area (Å²) >= 11 is 5.70. The van der Waals surface area contributed by atoms with Gasteiger partial charge in [-0.25, -0.2) is 0 Å². The average molecular weight is 456 g/mol. The van der Waals surface area contributed by atoms with Crippen molar-refractivity contribution in [1.29, 1.82) is 0 Å². The van der Waals surface area contributed by atoms with Gasteiger partial charge in [0.15, 0.2) is 4.77 Å². The molecule has 0 spiro atoms. The number of ether oxygens (including phenoxy) is 1. The first-order valence-corrected chi connectivity index (χ1v) is 9.67. The van der Waals surface area contributed by atoms with Crippen LogP contribution in [0.2, 0.25) is 0 Å². The molecule has 0 unspecified atom stereocenters. The number of aryl methyl sites for hydroxylation is 1. The quantitative estimate of drug-likeness (QED) is 0.242. The topological polar surface area (TPSA) is 174 Å². The number of thioether (sulfide) groups is 1. The van der Waals surface area contributed by atoms with E-state index in [1.807, 2.05) is 0 Å². The molecular weight excluding hydrogens is 440 g/mol. The zero-order valence-corrected chi connectivity index (χ0v) is 17.0. The second-order valence-corrected chi connectivity index (χ2v) is 8.08. The van der Waals surface area contributed by atoms with E-state index in [0.717, 1.165) is 10.8 Å². The van der Waals surface area contributed by atoms with Gasteiger partial charge in [0.2, 0.25) is 6.10 Å². The van der Waals surface area contributed by atoms with Gasteiger partial charge in [0.1, 0.15) is 16.0 Å². The molecule has 0 radical (unpaired) electrons. The molecule has 1 aliphatic rings. The number of hydrogen-bond donors (Lipinski definition) is 3. The number of aromatic nitrogens is 2. The van der Waals surface area contributed by atoms with Crippen molar-refractivity contribution in [3.63, 3.8) is 0 Å². The smallest absolute Gasteiger partial charge is 0.394 e. The molecule has 0 bridgehead atoms. The van der Waals surface area contributed by atoms with Crippen molar-refractivity contribution in [3.05, 3.63) is 77.4 Å². The van der Waals surface area contributed by atoms with E-state index in [2.05, 4.69) is 4.98 Å². The molecule has 160 valence electrons. The van der Waals surface area contributed by atoms with E-state index in [1.54, 1.807) is 18.2 Å². The zero-order valence-electron chi connectivity index (χ0n) is 15.3. The second kappa shape index (κ2) is 7.88. The number of nitrogens with one attached hydrogen (secondary N) is 1. The summed E-state index contributed by atoms with van der Waals surface area (Å²) in [5.74, 6) is 0. The number of hydrogen-bond acceptors (Lipinski definition) is 10. The van der Waals surface area contributed by atoms with Crippen LogP contribution in [0.4, 0.5) is 0 Å². The molecule has 3 N–H and O–H groups in total. The summed E-state index contributed by atoms with van der Waals surface area (Å²) in [6.07, 6.45) is -2.92. The van der Waals surface area contributed by atoms with Crippen LogP contribution in [0, 0.1) is 31.9 Å². The predicted octanol–water partition coefficient (Wildman–Crippen LogP) is 0.619. The Bertz CT molecular complexity index is 1090. The van der Waals surface area contributed by atoms with Gasteiger partial charge in [-0.15, -0.1) is 0 Å². The molecule has 0 amide bonds. The van der Waals surface area contributed by atoms with Crippen LogP contribution in [0.3, 0.4) is 0 Å². The van der Waals surface area contributed by atoms with E-state index in [9.17, 15) is 35.2 Å². The molecule has 14 heteroatoms. The van der Waals surface area contributed by atoms with E-state index >= 15 is 0 Å². The van der Waals surface area contributed by atoms with Crippen LogP contribution >= 0.6 is 24.0 Å². The highest BCUT2D eigenvalue weighted by atomic mass is 32.2. The normalized spacial score (nSPS) is 25.2. The summed E-state index contributed by atoms with van der Waals surface area (Å²) in [6, 6.07) is 7.93. The number of rotatable bonds is 6. The number of nitro groups is 2. The predicted molar refractivity (Wildman–Crippen MR) is 106 cm³/mol. The van der Waals surface area contributed by atoms with Gasteiger partial charge in [-0.3, -0.25) is 34.6 Å². The van der Waals surface area contributed by atoms with Gasteiger partial charge in [0.25, 0.3) is 5.56 Å². The number of H-pyrrole nitrogens is 1. The molecular formula is C16H16N4O8S2. The van der Waals surface area contributed by atoms with Crippen LogP contribution in [0.5, 0.6) is 0 Å². The van der Waals surface area contributed by atoms with Crippen molar-refractivity contribution in [3.8, 4) is 0 Å². The van der Waals surface area contributed by atoms with Crippen molar-refractivity contribution in [2.45, 2.75) is 34.7 Å². The highest BCUT2D eigenvalue weighted by molar-refractivity contribution is 8.00. The minimum Gasteiger partial charge on any atom is -0.394 e. The van der Waals surface area contributed by atoms with Gasteiger partial charge in [0, 0.05) is 16.7 Å². The van der Waals surface area contributed by atoms with Crippen molar-refractivity contribution < 1.29 is 24.8 Å². The Kier molecular flexibility index (Phi) is 5.79. The second-order valence-electron chi connectivity index (χ2n) is 6.46. The number of aliphatic hydroxyl groups is 2. The number of nitrogens with zero attached hydrogens (tertiary/aromatic N) is 3. The standard InChI is InChI=1S/C16H16N4O8S2/c1-9-7-18(14(29)17-13(9)23)16(30-10-5-3-2-4-6-10)15(19(24)25,20(26)27)12(22)11(8-21)28-16/h2-7,11-12,21-22H,8H2,1H3,(H,17,23,29)/t11-,12-,16+/m1/s1. The molecule has 2 heterocycles. The van der Waals surface area contributed by atoms with Crippen LogP contribution in [0.1, 0.15) is 5.56 Å². The summed E-state index contributed by atoms with van der Waals surface area (Å²) < 4.78 is 6.15. The molecule has 1 fully saturated rings. The van der Waals surface area contributed by atoms with Crippen LogP contribution in [-0.2, 0) is 9.79 Å². The minimum absolute atomic E-state index is 0.0442. The SMILES string of the molecule is Cc1cn([C@]2(Sc3ccccc3)O[C@H](CO)[C@@H](O)C2([N+](=O)[O-])[N+](=O)[O-])c(=S)[nH]c1=O. The molecule has 0 saturated carbocycles. The fourth-order valence-corrected chi connectivity index (χ4v) is 5.05. The Morgan fingerprint density at radius 2 is 1.90 bits per heavy atom. The van der Waals surface area contributed by atoms with E-state index in [0.29, 0.717) is 16.7 Å². The first-order chi connectivity index (χ1) is 14.1. The minimum atomic E-state index is -3.37. The third kappa shape index (κ3) is 3.04. The van der Waals surface area contributed by atoms with Crippen molar-refractivity contribution in [2.24, 2.45) is 0 Å². The molecule has 3 atom stereocenters. The maximum absolute atomic E-state index is 12.2. The molecule has 3 rings (SSSR count). The third-order valence-electron chi connectivity index (χ3n) is 4.71. The molecule has 12 nitrogen and oxygen atoms in total. The molecule has 1 aromatic heterocycles. The average Bonchev–Trinajstić information content (AvgIpc) is 2.94. The highest BCUT2D eigenvalue weighted by Crippen LogP contribution is 2.55. The lowest BCUT2D eigenvalue weighted by Crippen LogP contribution is -2.66.